The van der Waals surface area contributed by atoms with Crippen LogP contribution in [-0.4, -0.2) is 78.5 Å². The molecule has 0 saturated carbocycles. The Morgan fingerprint density at radius 2 is 1.84 bits per heavy atom. The van der Waals surface area contributed by atoms with Crippen molar-refractivity contribution in [2.75, 3.05) is 66.4 Å². The van der Waals surface area contributed by atoms with Crippen LogP contribution in [0, 0.1) is 0 Å². The van der Waals surface area contributed by atoms with Gasteiger partial charge in [0.1, 0.15) is 6.61 Å². The molecule has 0 aromatic carbocycles. The Morgan fingerprint density at radius 3 is 2.47 bits per heavy atom. The van der Waals surface area contributed by atoms with Crippen LogP contribution in [0.25, 0.3) is 0 Å². The highest BCUT2D eigenvalue weighted by Crippen LogP contribution is 1.98. The number of methoxy groups -OCH3 is 1. The van der Waals surface area contributed by atoms with Crippen molar-refractivity contribution in [1.29, 1.82) is 0 Å². The molecule has 1 rings (SSSR count). The predicted molar refractivity (Wildman–Crippen MR) is 67.1 cm³/mol. The Morgan fingerprint density at radius 1 is 1.16 bits per heavy atom. The van der Waals surface area contributed by atoms with E-state index < -0.39 is 6.10 Å². The number of hydrogen-bond donors (Lipinski definition) is 1. The minimum absolute atomic E-state index is 0.233. The Hall–Kier alpha value is -0.730. The molecule has 0 aromatic rings. The van der Waals surface area contributed by atoms with Crippen molar-refractivity contribution in [2.24, 2.45) is 0 Å². The number of carbonyl (C=O) groups is 1. The molecule has 1 aliphatic heterocycles. The van der Waals surface area contributed by atoms with Gasteiger partial charge in [-0.2, -0.15) is 0 Å². The summed E-state index contributed by atoms with van der Waals surface area (Å²) in [6.07, 6.45) is -0.494. The van der Waals surface area contributed by atoms with Crippen LogP contribution in [-0.2, 0) is 28.5 Å². The standard InChI is InChI=1S/C12H23NO6/c1-15-4-5-16-6-7-17-8-9-19-12(14)11-10-13-2-3-18-11/h11,13H,2-10H2,1H3. The molecule has 1 fully saturated rings. The zero-order chi connectivity index (χ0) is 13.8. The molecule has 1 atom stereocenters. The molecule has 1 N–H and O–H groups in total. The number of rotatable bonds is 10. The molecule has 7 heteroatoms. The van der Waals surface area contributed by atoms with E-state index in [1.807, 2.05) is 0 Å². The molecule has 1 heterocycles. The average molecular weight is 277 g/mol. The molecule has 1 aliphatic rings. The first-order valence-corrected chi connectivity index (χ1v) is 6.48. The maximum Gasteiger partial charge on any atom is 0.336 e. The lowest BCUT2D eigenvalue weighted by molar-refractivity contribution is -0.160. The lowest BCUT2D eigenvalue weighted by Gasteiger charge is -2.21. The molecule has 0 bridgehead atoms. The van der Waals surface area contributed by atoms with Crippen molar-refractivity contribution >= 4 is 5.97 Å². The monoisotopic (exact) mass is 277 g/mol. The zero-order valence-electron chi connectivity index (χ0n) is 11.4. The van der Waals surface area contributed by atoms with Crippen molar-refractivity contribution in [3.05, 3.63) is 0 Å². The van der Waals surface area contributed by atoms with Crippen LogP contribution in [0.15, 0.2) is 0 Å². The van der Waals surface area contributed by atoms with Crippen molar-refractivity contribution in [2.45, 2.75) is 6.10 Å². The summed E-state index contributed by atoms with van der Waals surface area (Å²) in [7, 11) is 1.62. The second-order valence-electron chi connectivity index (χ2n) is 3.95. The molecule has 0 amide bonds. The molecule has 112 valence electrons. The van der Waals surface area contributed by atoms with E-state index in [0.717, 1.165) is 6.54 Å². The van der Waals surface area contributed by atoms with Gasteiger partial charge < -0.3 is 29.0 Å². The van der Waals surface area contributed by atoms with E-state index in [-0.39, 0.29) is 12.6 Å². The first kappa shape index (κ1) is 16.3. The van der Waals surface area contributed by atoms with Crippen LogP contribution in [0.4, 0.5) is 0 Å². The van der Waals surface area contributed by atoms with E-state index in [0.29, 0.717) is 46.2 Å². The van der Waals surface area contributed by atoms with Crippen LogP contribution in [0.3, 0.4) is 0 Å². The Kier molecular flexibility index (Phi) is 9.56. The lowest BCUT2D eigenvalue weighted by Crippen LogP contribution is -2.44. The maximum absolute atomic E-state index is 11.5. The van der Waals surface area contributed by atoms with Crippen LogP contribution < -0.4 is 5.32 Å². The van der Waals surface area contributed by atoms with Crippen molar-refractivity contribution in [1.82, 2.24) is 5.32 Å². The molecule has 0 radical (unpaired) electrons. The molecule has 1 saturated heterocycles. The normalized spacial score (nSPS) is 19.3. The Bertz CT molecular complexity index is 232. The Balaban J connectivity index is 1.86. The second-order valence-corrected chi connectivity index (χ2v) is 3.95. The second kappa shape index (κ2) is 11.1. The van der Waals surface area contributed by atoms with Gasteiger partial charge in [0, 0.05) is 20.2 Å². The third kappa shape index (κ3) is 8.12. The maximum atomic E-state index is 11.5. The fraction of sp³-hybridized carbons (Fsp3) is 0.917. The van der Waals surface area contributed by atoms with E-state index in [1.165, 1.54) is 0 Å². The van der Waals surface area contributed by atoms with Crippen molar-refractivity contribution in [3.63, 3.8) is 0 Å². The highest BCUT2D eigenvalue weighted by Gasteiger charge is 2.22. The van der Waals surface area contributed by atoms with Gasteiger partial charge in [0.2, 0.25) is 0 Å². The number of morpholine rings is 1. The number of hydrogen-bond acceptors (Lipinski definition) is 7. The van der Waals surface area contributed by atoms with Gasteiger partial charge in [-0.1, -0.05) is 0 Å². The first-order valence-electron chi connectivity index (χ1n) is 6.48. The zero-order valence-corrected chi connectivity index (χ0v) is 11.4. The number of esters is 1. The summed E-state index contributed by atoms with van der Waals surface area (Å²) in [6, 6.07) is 0. The smallest absolute Gasteiger partial charge is 0.336 e. The van der Waals surface area contributed by atoms with Gasteiger partial charge in [-0.15, -0.1) is 0 Å². The van der Waals surface area contributed by atoms with Gasteiger partial charge >= 0.3 is 5.97 Å². The van der Waals surface area contributed by atoms with Gasteiger partial charge in [-0.05, 0) is 0 Å². The van der Waals surface area contributed by atoms with E-state index >= 15 is 0 Å². The van der Waals surface area contributed by atoms with Gasteiger partial charge in [-0.3, -0.25) is 0 Å². The number of nitrogens with one attached hydrogen (secondary N) is 1. The van der Waals surface area contributed by atoms with Gasteiger partial charge in [0.15, 0.2) is 6.10 Å². The van der Waals surface area contributed by atoms with Crippen molar-refractivity contribution in [3.8, 4) is 0 Å². The highest BCUT2D eigenvalue weighted by molar-refractivity contribution is 5.75. The molecule has 7 nitrogen and oxygen atoms in total. The molecular weight excluding hydrogens is 254 g/mol. The lowest BCUT2D eigenvalue weighted by atomic mass is 10.3. The topological polar surface area (TPSA) is 75.2 Å². The van der Waals surface area contributed by atoms with Crippen LogP contribution >= 0.6 is 0 Å². The van der Waals surface area contributed by atoms with Crippen LogP contribution in [0.2, 0.25) is 0 Å². The fourth-order valence-corrected chi connectivity index (χ4v) is 1.48. The molecule has 19 heavy (non-hydrogen) atoms. The summed E-state index contributed by atoms with van der Waals surface area (Å²) in [6.45, 7) is 4.53. The fourth-order valence-electron chi connectivity index (χ4n) is 1.48. The molecule has 1 unspecified atom stereocenters. The van der Waals surface area contributed by atoms with Gasteiger partial charge in [-0.25, -0.2) is 4.79 Å². The summed E-state index contributed by atoms with van der Waals surface area (Å²) in [5.74, 6) is -0.341. The average Bonchev–Trinajstić information content (AvgIpc) is 2.46. The summed E-state index contributed by atoms with van der Waals surface area (Å²) in [5, 5.41) is 3.07. The quantitative estimate of drug-likeness (QED) is 0.414. The van der Waals surface area contributed by atoms with Crippen LogP contribution in [0.1, 0.15) is 0 Å². The van der Waals surface area contributed by atoms with E-state index in [2.05, 4.69) is 5.32 Å². The summed E-state index contributed by atoms with van der Waals surface area (Å²) in [5.41, 5.74) is 0. The van der Waals surface area contributed by atoms with E-state index in [1.54, 1.807) is 7.11 Å². The summed E-state index contributed by atoms with van der Waals surface area (Å²) in [4.78, 5) is 11.5. The first-order chi connectivity index (χ1) is 9.34. The van der Waals surface area contributed by atoms with Gasteiger partial charge in [0.25, 0.3) is 0 Å². The number of carbonyl (C=O) groups excluding carboxylic acids is 1. The molecule has 0 aliphatic carbocycles. The van der Waals surface area contributed by atoms with Gasteiger partial charge in [0.05, 0.1) is 39.6 Å². The summed E-state index contributed by atoms with van der Waals surface area (Å²) < 4.78 is 25.6. The third-order valence-electron chi connectivity index (χ3n) is 2.47. The third-order valence-corrected chi connectivity index (χ3v) is 2.47. The molecule has 0 spiro atoms. The van der Waals surface area contributed by atoms with E-state index in [4.69, 9.17) is 23.7 Å². The Labute approximate surface area is 113 Å². The SMILES string of the molecule is COCCOCCOCCOC(=O)C1CNCCO1. The van der Waals surface area contributed by atoms with Crippen molar-refractivity contribution < 1.29 is 28.5 Å². The minimum atomic E-state index is -0.494. The largest absolute Gasteiger partial charge is 0.461 e. The summed E-state index contributed by atoms with van der Waals surface area (Å²) >= 11 is 0. The minimum Gasteiger partial charge on any atom is -0.461 e. The predicted octanol–water partition coefficient (Wildman–Crippen LogP) is -0.802. The van der Waals surface area contributed by atoms with Crippen LogP contribution in [0.5, 0.6) is 0 Å². The molecule has 0 aromatic heterocycles. The molecular formula is C12H23NO6. The van der Waals surface area contributed by atoms with E-state index in [9.17, 15) is 4.79 Å². The highest BCUT2D eigenvalue weighted by atomic mass is 16.6. The number of ether oxygens (including phenoxy) is 5.